The second-order valence-corrected chi connectivity index (χ2v) is 5.14. The second-order valence-electron chi connectivity index (χ2n) is 4.00. The lowest BCUT2D eigenvalue weighted by molar-refractivity contribution is -0.131. The summed E-state index contributed by atoms with van der Waals surface area (Å²) in [6, 6.07) is 13.8. The molecule has 20 heavy (non-hydrogen) atoms. The van der Waals surface area contributed by atoms with E-state index in [2.05, 4.69) is 0 Å². The molecule has 0 unspecified atom stereocenters. The first-order valence-electron chi connectivity index (χ1n) is 5.84. The Labute approximate surface area is 120 Å². The molecular formula is C15H12O4S. The van der Waals surface area contributed by atoms with Crippen molar-refractivity contribution in [1.29, 1.82) is 0 Å². The van der Waals surface area contributed by atoms with Gasteiger partial charge in [0, 0.05) is 16.7 Å². The third kappa shape index (κ3) is 3.86. The first-order valence-corrected chi connectivity index (χ1v) is 6.66. The van der Waals surface area contributed by atoms with Crippen molar-refractivity contribution in [2.24, 2.45) is 0 Å². The van der Waals surface area contributed by atoms with E-state index in [0.29, 0.717) is 5.75 Å². The molecule has 0 aromatic heterocycles. The van der Waals surface area contributed by atoms with Crippen molar-refractivity contribution in [3.05, 3.63) is 54.1 Å². The summed E-state index contributed by atoms with van der Waals surface area (Å²) in [4.78, 5) is 23.5. The first kappa shape index (κ1) is 14.1. The summed E-state index contributed by atoms with van der Waals surface area (Å²) < 4.78 is 4.95. The van der Waals surface area contributed by atoms with Crippen LogP contribution in [0.1, 0.15) is 17.3 Å². The Morgan fingerprint density at radius 1 is 0.950 bits per heavy atom. The average molecular weight is 288 g/mol. The maximum absolute atomic E-state index is 10.8. The number of aromatic carboxylic acids is 1. The normalized spacial score (nSPS) is 10.1. The van der Waals surface area contributed by atoms with Gasteiger partial charge in [-0.1, -0.05) is 11.8 Å². The van der Waals surface area contributed by atoms with Crippen molar-refractivity contribution in [3.8, 4) is 5.75 Å². The third-order valence-corrected chi connectivity index (χ3v) is 3.44. The zero-order chi connectivity index (χ0) is 14.5. The van der Waals surface area contributed by atoms with E-state index in [-0.39, 0.29) is 11.5 Å². The molecular weight excluding hydrogens is 276 g/mol. The first-order chi connectivity index (χ1) is 9.54. The largest absolute Gasteiger partial charge is 0.478 e. The minimum Gasteiger partial charge on any atom is -0.478 e. The number of carbonyl (C=O) groups is 2. The van der Waals surface area contributed by atoms with Gasteiger partial charge >= 0.3 is 11.9 Å². The fourth-order valence-electron chi connectivity index (χ4n) is 1.54. The van der Waals surface area contributed by atoms with E-state index in [1.807, 2.05) is 12.1 Å². The monoisotopic (exact) mass is 288 g/mol. The van der Waals surface area contributed by atoms with E-state index in [1.54, 1.807) is 36.4 Å². The van der Waals surface area contributed by atoms with Gasteiger partial charge in [0.15, 0.2) is 0 Å². The molecule has 0 bridgehead atoms. The number of carboxylic acids is 1. The van der Waals surface area contributed by atoms with Gasteiger partial charge < -0.3 is 9.84 Å². The molecule has 0 amide bonds. The third-order valence-electron chi connectivity index (χ3n) is 2.42. The molecule has 2 aromatic rings. The Bertz CT molecular complexity index is 617. The van der Waals surface area contributed by atoms with Crippen LogP contribution in [0.25, 0.3) is 0 Å². The summed E-state index contributed by atoms with van der Waals surface area (Å²) in [6.45, 7) is 1.35. The lowest BCUT2D eigenvalue weighted by Crippen LogP contribution is -2.00. The summed E-state index contributed by atoms with van der Waals surface area (Å²) in [7, 11) is 0. The standard InChI is InChI=1S/C15H12O4S/c1-10(16)19-12-4-8-14(9-5-12)20-13-6-2-11(3-7-13)15(17)18/h2-9H,1H3,(H,17,18). The Morgan fingerprint density at radius 2 is 1.45 bits per heavy atom. The molecule has 2 aromatic carbocycles. The second kappa shape index (κ2) is 6.25. The molecule has 4 nitrogen and oxygen atoms in total. The van der Waals surface area contributed by atoms with Gasteiger partial charge in [-0.25, -0.2) is 4.79 Å². The number of rotatable bonds is 4. The predicted octanol–water partition coefficient (Wildman–Crippen LogP) is 3.46. The van der Waals surface area contributed by atoms with Gasteiger partial charge in [-0.05, 0) is 48.5 Å². The summed E-state index contributed by atoms with van der Waals surface area (Å²) in [6.07, 6.45) is 0. The Morgan fingerprint density at radius 3 is 1.90 bits per heavy atom. The van der Waals surface area contributed by atoms with Gasteiger partial charge in [0.05, 0.1) is 5.56 Å². The predicted molar refractivity (Wildman–Crippen MR) is 75.3 cm³/mol. The van der Waals surface area contributed by atoms with E-state index >= 15 is 0 Å². The van der Waals surface area contributed by atoms with Crippen LogP contribution >= 0.6 is 11.8 Å². The zero-order valence-corrected chi connectivity index (χ0v) is 11.5. The van der Waals surface area contributed by atoms with E-state index in [1.165, 1.54) is 18.7 Å². The van der Waals surface area contributed by atoms with Crippen molar-refractivity contribution in [2.75, 3.05) is 0 Å². The number of carboxylic acid groups (broad SMARTS) is 1. The van der Waals surface area contributed by atoms with Crippen LogP contribution in [0.5, 0.6) is 5.75 Å². The van der Waals surface area contributed by atoms with Gasteiger partial charge in [-0.15, -0.1) is 0 Å². The van der Waals surface area contributed by atoms with Gasteiger partial charge in [0.25, 0.3) is 0 Å². The van der Waals surface area contributed by atoms with Crippen molar-refractivity contribution < 1.29 is 19.4 Å². The Balaban J connectivity index is 2.06. The molecule has 0 aliphatic carbocycles. The minimum atomic E-state index is -0.938. The zero-order valence-electron chi connectivity index (χ0n) is 10.7. The number of carbonyl (C=O) groups excluding carboxylic acids is 1. The van der Waals surface area contributed by atoms with Crippen molar-refractivity contribution in [2.45, 2.75) is 16.7 Å². The number of hydrogen-bond donors (Lipinski definition) is 1. The molecule has 0 saturated heterocycles. The molecule has 0 aliphatic heterocycles. The van der Waals surface area contributed by atoms with Crippen LogP contribution in [0.3, 0.4) is 0 Å². The summed E-state index contributed by atoms with van der Waals surface area (Å²) in [5.41, 5.74) is 0.263. The fraction of sp³-hybridized carbons (Fsp3) is 0.0667. The van der Waals surface area contributed by atoms with Gasteiger partial charge in [-0.2, -0.15) is 0 Å². The summed E-state index contributed by atoms with van der Waals surface area (Å²) >= 11 is 1.50. The average Bonchev–Trinajstić information content (AvgIpc) is 2.41. The van der Waals surface area contributed by atoms with E-state index in [0.717, 1.165) is 9.79 Å². The summed E-state index contributed by atoms with van der Waals surface area (Å²) in [5, 5.41) is 8.82. The van der Waals surface area contributed by atoms with Crippen LogP contribution in [-0.2, 0) is 4.79 Å². The lowest BCUT2D eigenvalue weighted by Gasteiger charge is -2.04. The molecule has 0 saturated carbocycles. The lowest BCUT2D eigenvalue weighted by atomic mass is 10.2. The molecule has 0 radical (unpaired) electrons. The molecule has 1 N–H and O–H groups in total. The number of ether oxygens (including phenoxy) is 1. The number of esters is 1. The summed E-state index contributed by atoms with van der Waals surface area (Å²) in [5.74, 6) is -0.787. The van der Waals surface area contributed by atoms with Crippen LogP contribution in [0.2, 0.25) is 0 Å². The highest BCUT2D eigenvalue weighted by Crippen LogP contribution is 2.29. The maximum atomic E-state index is 10.8. The molecule has 102 valence electrons. The fourth-order valence-corrected chi connectivity index (χ4v) is 2.36. The van der Waals surface area contributed by atoms with Crippen LogP contribution in [0.4, 0.5) is 0 Å². The van der Waals surface area contributed by atoms with Gasteiger partial charge in [-0.3, -0.25) is 4.79 Å². The SMILES string of the molecule is CC(=O)Oc1ccc(Sc2ccc(C(=O)O)cc2)cc1. The molecule has 0 heterocycles. The van der Waals surface area contributed by atoms with Crippen molar-refractivity contribution >= 4 is 23.7 Å². The molecule has 2 rings (SSSR count). The molecule has 5 heteroatoms. The molecule has 0 spiro atoms. The molecule has 0 fully saturated rings. The van der Waals surface area contributed by atoms with Crippen LogP contribution in [-0.4, -0.2) is 17.0 Å². The van der Waals surface area contributed by atoms with Crippen LogP contribution in [0.15, 0.2) is 58.3 Å². The quantitative estimate of drug-likeness (QED) is 0.689. The van der Waals surface area contributed by atoms with Crippen molar-refractivity contribution in [1.82, 2.24) is 0 Å². The topological polar surface area (TPSA) is 63.6 Å². The number of hydrogen-bond acceptors (Lipinski definition) is 4. The smallest absolute Gasteiger partial charge is 0.335 e. The van der Waals surface area contributed by atoms with Crippen LogP contribution < -0.4 is 4.74 Å². The minimum absolute atomic E-state index is 0.263. The highest BCUT2D eigenvalue weighted by molar-refractivity contribution is 7.99. The van der Waals surface area contributed by atoms with E-state index in [9.17, 15) is 9.59 Å². The maximum Gasteiger partial charge on any atom is 0.335 e. The Hall–Kier alpha value is -2.27. The highest BCUT2D eigenvalue weighted by Gasteiger charge is 2.03. The van der Waals surface area contributed by atoms with Crippen molar-refractivity contribution in [3.63, 3.8) is 0 Å². The van der Waals surface area contributed by atoms with E-state index in [4.69, 9.17) is 9.84 Å². The van der Waals surface area contributed by atoms with Gasteiger partial charge in [0.1, 0.15) is 5.75 Å². The number of benzene rings is 2. The molecule has 0 aliphatic rings. The highest BCUT2D eigenvalue weighted by atomic mass is 32.2. The van der Waals surface area contributed by atoms with Crippen LogP contribution in [0, 0.1) is 0 Å². The molecule has 0 atom stereocenters. The van der Waals surface area contributed by atoms with E-state index < -0.39 is 5.97 Å². The van der Waals surface area contributed by atoms with Gasteiger partial charge in [0.2, 0.25) is 0 Å². The Kier molecular flexibility index (Phi) is 4.42.